The van der Waals surface area contributed by atoms with Gasteiger partial charge in [-0.25, -0.2) is 0 Å². The lowest BCUT2D eigenvalue weighted by molar-refractivity contribution is 1.16. The SMILES string of the molecule is N#Cc1cccc2c3c(ccc4c5ccccc5n(-c5ccc6c7ccccc7n(-c7ccccc7)c6c5)c43)n(-c3ccccc3)c12. The van der Waals surface area contributed by atoms with Crippen LogP contribution in [0.25, 0.3) is 82.5 Å². The highest BCUT2D eigenvalue weighted by Gasteiger charge is 2.23. The van der Waals surface area contributed by atoms with E-state index in [0.717, 1.165) is 55.4 Å². The molecule has 0 fully saturated rings. The summed E-state index contributed by atoms with van der Waals surface area (Å²) < 4.78 is 7.05. The van der Waals surface area contributed by atoms with E-state index in [2.05, 4.69) is 159 Å². The Morgan fingerprint density at radius 1 is 0.362 bits per heavy atom. The number of benzene rings is 7. The smallest absolute Gasteiger partial charge is 0.101 e. The van der Waals surface area contributed by atoms with Gasteiger partial charge in [-0.3, -0.25) is 0 Å². The zero-order chi connectivity index (χ0) is 31.1. The summed E-state index contributed by atoms with van der Waals surface area (Å²) in [6.07, 6.45) is 0. The normalized spacial score (nSPS) is 11.8. The van der Waals surface area contributed by atoms with Gasteiger partial charge in [0.15, 0.2) is 0 Å². The average molecular weight is 599 g/mol. The highest BCUT2D eigenvalue weighted by atomic mass is 15.0. The van der Waals surface area contributed by atoms with Crippen LogP contribution in [0.2, 0.25) is 0 Å². The number of nitriles is 1. The molecule has 3 heterocycles. The van der Waals surface area contributed by atoms with Crippen LogP contribution < -0.4 is 0 Å². The van der Waals surface area contributed by atoms with Crippen LogP contribution in [0.15, 0.2) is 158 Å². The topological polar surface area (TPSA) is 38.6 Å². The molecular formula is C43H26N4. The van der Waals surface area contributed by atoms with Gasteiger partial charge in [-0.1, -0.05) is 97.1 Å². The van der Waals surface area contributed by atoms with Crippen LogP contribution in [0.1, 0.15) is 5.56 Å². The molecule has 0 aliphatic rings. The van der Waals surface area contributed by atoms with Crippen molar-refractivity contribution in [2.24, 2.45) is 0 Å². The van der Waals surface area contributed by atoms with E-state index in [1.165, 1.54) is 27.1 Å². The van der Waals surface area contributed by atoms with Crippen LogP contribution in [0, 0.1) is 11.3 Å². The summed E-state index contributed by atoms with van der Waals surface area (Å²) in [5, 5.41) is 17.3. The molecule has 10 aromatic rings. The first kappa shape index (κ1) is 25.7. The molecule has 4 nitrogen and oxygen atoms in total. The molecule has 0 saturated carbocycles. The van der Waals surface area contributed by atoms with Crippen molar-refractivity contribution in [3.8, 4) is 23.1 Å². The van der Waals surface area contributed by atoms with Crippen molar-refractivity contribution < 1.29 is 0 Å². The average Bonchev–Trinajstić information content (AvgIpc) is 3.77. The van der Waals surface area contributed by atoms with Gasteiger partial charge in [0.2, 0.25) is 0 Å². The minimum absolute atomic E-state index is 0.659. The van der Waals surface area contributed by atoms with E-state index in [9.17, 15) is 5.26 Å². The van der Waals surface area contributed by atoms with E-state index in [1.54, 1.807) is 0 Å². The van der Waals surface area contributed by atoms with Crippen LogP contribution in [0.4, 0.5) is 0 Å². The Hall–Kier alpha value is -6.57. The van der Waals surface area contributed by atoms with E-state index in [4.69, 9.17) is 0 Å². The fourth-order valence-electron chi connectivity index (χ4n) is 7.76. The van der Waals surface area contributed by atoms with E-state index in [0.29, 0.717) is 5.56 Å². The second kappa shape index (κ2) is 9.71. The quantitative estimate of drug-likeness (QED) is 0.199. The molecule has 0 unspecified atom stereocenters. The molecule has 4 heteroatoms. The molecule has 218 valence electrons. The van der Waals surface area contributed by atoms with Crippen molar-refractivity contribution in [1.29, 1.82) is 5.26 Å². The molecule has 0 N–H and O–H groups in total. The van der Waals surface area contributed by atoms with E-state index >= 15 is 0 Å². The molecule has 0 atom stereocenters. The lowest BCUT2D eigenvalue weighted by atomic mass is 10.1. The zero-order valence-corrected chi connectivity index (χ0v) is 25.3. The molecule has 3 aromatic heterocycles. The molecule has 0 aliphatic heterocycles. The monoisotopic (exact) mass is 598 g/mol. The van der Waals surface area contributed by atoms with Gasteiger partial charge in [0.05, 0.1) is 38.7 Å². The lowest BCUT2D eigenvalue weighted by Gasteiger charge is -2.12. The van der Waals surface area contributed by atoms with Gasteiger partial charge >= 0.3 is 0 Å². The molecule has 0 radical (unpaired) electrons. The van der Waals surface area contributed by atoms with Gasteiger partial charge < -0.3 is 13.7 Å². The molecule has 10 rings (SSSR count). The molecule has 0 amide bonds. The Bertz CT molecular complexity index is 2900. The van der Waals surface area contributed by atoms with Crippen molar-refractivity contribution in [3.63, 3.8) is 0 Å². The van der Waals surface area contributed by atoms with E-state index in [-0.39, 0.29) is 0 Å². The van der Waals surface area contributed by atoms with Crippen LogP contribution in [0.3, 0.4) is 0 Å². The number of hydrogen-bond acceptors (Lipinski definition) is 1. The Morgan fingerprint density at radius 2 is 0.915 bits per heavy atom. The summed E-state index contributed by atoms with van der Waals surface area (Å²) >= 11 is 0. The molecule has 0 aliphatic carbocycles. The van der Waals surface area contributed by atoms with Crippen LogP contribution in [-0.2, 0) is 0 Å². The highest BCUT2D eigenvalue weighted by Crippen LogP contribution is 2.43. The number of aromatic nitrogens is 3. The number of nitrogens with zero attached hydrogens (tertiary/aromatic N) is 4. The predicted octanol–water partition coefficient (Wildman–Crippen LogP) is 10.8. The first-order valence-corrected chi connectivity index (χ1v) is 15.9. The van der Waals surface area contributed by atoms with Crippen molar-refractivity contribution >= 4 is 65.4 Å². The van der Waals surface area contributed by atoms with Gasteiger partial charge in [0, 0.05) is 49.4 Å². The third kappa shape index (κ3) is 3.51. The largest absolute Gasteiger partial charge is 0.309 e. The van der Waals surface area contributed by atoms with Crippen molar-refractivity contribution in [3.05, 3.63) is 163 Å². The van der Waals surface area contributed by atoms with E-state index in [1.807, 2.05) is 18.2 Å². The molecule has 0 saturated heterocycles. The third-order valence-electron chi connectivity index (χ3n) is 9.65. The first-order chi connectivity index (χ1) is 23.3. The maximum absolute atomic E-state index is 10.3. The summed E-state index contributed by atoms with van der Waals surface area (Å²) in [7, 11) is 0. The molecular weight excluding hydrogens is 573 g/mol. The standard InChI is InChI=1S/C43H26N4/c44-27-28-12-11-19-36-41-39(46(42(28)36)30-15-5-2-6-16-30)25-24-35-33-18-8-10-21-38(33)47(43(35)41)31-22-23-34-32-17-7-9-20-37(32)45(40(34)26-31)29-13-3-1-4-14-29/h1-26H. The number of fused-ring (bicyclic) bond motifs is 10. The summed E-state index contributed by atoms with van der Waals surface area (Å²) in [6, 6.07) is 58.2. The van der Waals surface area contributed by atoms with Gasteiger partial charge in [-0.15, -0.1) is 0 Å². The number of rotatable bonds is 3. The Labute approximate surface area is 270 Å². The number of hydrogen-bond donors (Lipinski definition) is 0. The number of para-hydroxylation sites is 5. The Kier molecular flexibility index (Phi) is 5.32. The van der Waals surface area contributed by atoms with Crippen molar-refractivity contribution in [1.82, 2.24) is 13.7 Å². The fourth-order valence-corrected chi connectivity index (χ4v) is 7.76. The second-order valence-corrected chi connectivity index (χ2v) is 12.1. The molecule has 47 heavy (non-hydrogen) atoms. The first-order valence-electron chi connectivity index (χ1n) is 15.9. The molecule has 0 spiro atoms. The van der Waals surface area contributed by atoms with Gasteiger partial charge in [0.25, 0.3) is 0 Å². The molecule has 7 aromatic carbocycles. The maximum Gasteiger partial charge on any atom is 0.101 e. The zero-order valence-electron chi connectivity index (χ0n) is 25.3. The van der Waals surface area contributed by atoms with Crippen LogP contribution in [0.5, 0.6) is 0 Å². The van der Waals surface area contributed by atoms with Crippen LogP contribution in [-0.4, -0.2) is 13.7 Å². The summed E-state index contributed by atoms with van der Waals surface area (Å²) in [4.78, 5) is 0. The maximum atomic E-state index is 10.3. The van der Waals surface area contributed by atoms with E-state index < -0.39 is 0 Å². The van der Waals surface area contributed by atoms with Crippen LogP contribution >= 0.6 is 0 Å². The van der Waals surface area contributed by atoms with Crippen molar-refractivity contribution in [2.75, 3.05) is 0 Å². The predicted molar refractivity (Wildman–Crippen MR) is 194 cm³/mol. The van der Waals surface area contributed by atoms with Gasteiger partial charge in [-0.2, -0.15) is 5.26 Å². The fraction of sp³-hybridized carbons (Fsp3) is 0. The Balaban J connectivity index is 1.39. The summed E-state index contributed by atoms with van der Waals surface area (Å²) in [5.41, 5.74) is 10.6. The minimum Gasteiger partial charge on any atom is -0.309 e. The van der Waals surface area contributed by atoms with Gasteiger partial charge in [0.1, 0.15) is 6.07 Å². The second-order valence-electron chi connectivity index (χ2n) is 12.1. The highest BCUT2D eigenvalue weighted by molar-refractivity contribution is 6.26. The minimum atomic E-state index is 0.659. The van der Waals surface area contributed by atoms with Crippen molar-refractivity contribution in [2.45, 2.75) is 0 Å². The molecule has 0 bridgehead atoms. The Morgan fingerprint density at radius 3 is 1.64 bits per heavy atom. The lowest BCUT2D eigenvalue weighted by Crippen LogP contribution is -1.97. The third-order valence-corrected chi connectivity index (χ3v) is 9.65. The van der Waals surface area contributed by atoms with Gasteiger partial charge in [-0.05, 0) is 60.7 Å². The summed E-state index contributed by atoms with van der Waals surface area (Å²) in [6.45, 7) is 0. The summed E-state index contributed by atoms with van der Waals surface area (Å²) in [5.74, 6) is 0.